The van der Waals surface area contributed by atoms with Crippen molar-refractivity contribution in [2.75, 3.05) is 24.7 Å². The number of ether oxygens (including phenoxy) is 1. The molecule has 24 heavy (non-hydrogen) atoms. The average molecular weight is 349 g/mol. The SMILES string of the molecule is CCCCNc1nc(C)c(Cc2ccc(CCl)cc2OC)c(N)n1. The summed E-state index contributed by atoms with van der Waals surface area (Å²) in [5, 5.41) is 3.21. The first-order valence-corrected chi connectivity index (χ1v) is 8.71. The lowest BCUT2D eigenvalue weighted by Gasteiger charge is -2.14. The van der Waals surface area contributed by atoms with Crippen molar-refractivity contribution < 1.29 is 4.74 Å². The molecule has 0 saturated heterocycles. The van der Waals surface area contributed by atoms with Crippen LogP contribution in [0.15, 0.2) is 18.2 Å². The fraction of sp³-hybridized carbons (Fsp3) is 0.444. The van der Waals surface area contributed by atoms with Crippen molar-refractivity contribution in [2.24, 2.45) is 0 Å². The third kappa shape index (κ3) is 4.51. The van der Waals surface area contributed by atoms with Crippen molar-refractivity contribution in [3.8, 4) is 5.75 Å². The number of nitrogens with zero attached hydrogens (tertiary/aromatic N) is 2. The molecule has 0 saturated carbocycles. The van der Waals surface area contributed by atoms with Crippen molar-refractivity contribution in [3.63, 3.8) is 0 Å². The van der Waals surface area contributed by atoms with E-state index in [4.69, 9.17) is 22.1 Å². The molecule has 130 valence electrons. The third-order valence-corrected chi connectivity index (χ3v) is 4.24. The van der Waals surface area contributed by atoms with Gasteiger partial charge in [-0.3, -0.25) is 0 Å². The maximum Gasteiger partial charge on any atom is 0.224 e. The molecule has 0 aliphatic rings. The summed E-state index contributed by atoms with van der Waals surface area (Å²) >= 11 is 5.89. The van der Waals surface area contributed by atoms with E-state index in [9.17, 15) is 0 Å². The number of unbranched alkanes of at least 4 members (excludes halogenated alkanes) is 1. The van der Waals surface area contributed by atoms with Gasteiger partial charge in [0.15, 0.2) is 0 Å². The lowest BCUT2D eigenvalue weighted by molar-refractivity contribution is 0.410. The number of nitrogen functional groups attached to an aromatic ring is 1. The van der Waals surface area contributed by atoms with E-state index in [0.717, 1.165) is 47.5 Å². The lowest BCUT2D eigenvalue weighted by Crippen LogP contribution is -2.11. The second-order valence-corrected chi connectivity index (χ2v) is 6.00. The number of hydrogen-bond donors (Lipinski definition) is 2. The van der Waals surface area contributed by atoms with Crippen molar-refractivity contribution in [3.05, 3.63) is 40.6 Å². The number of nitrogens with one attached hydrogen (secondary N) is 1. The Morgan fingerprint density at radius 1 is 1.29 bits per heavy atom. The van der Waals surface area contributed by atoms with E-state index in [2.05, 4.69) is 22.2 Å². The molecule has 0 aliphatic carbocycles. The molecule has 1 aromatic heterocycles. The quantitative estimate of drug-likeness (QED) is 0.558. The first-order valence-electron chi connectivity index (χ1n) is 8.17. The normalized spacial score (nSPS) is 10.7. The number of aryl methyl sites for hydroxylation is 1. The van der Waals surface area contributed by atoms with Gasteiger partial charge in [0.1, 0.15) is 11.6 Å². The van der Waals surface area contributed by atoms with E-state index in [1.165, 1.54) is 0 Å². The van der Waals surface area contributed by atoms with Crippen LogP contribution in [0.25, 0.3) is 0 Å². The zero-order valence-corrected chi connectivity index (χ0v) is 15.3. The zero-order chi connectivity index (χ0) is 17.5. The van der Waals surface area contributed by atoms with Gasteiger partial charge in [0.2, 0.25) is 5.95 Å². The van der Waals surface area contributed by atoms with Gasteiger partial charge in [-0.25, -0.2) is 4.98 Å². The van der Waals surface area contributed by atoms with E-state index < -0.39 is 0 Å². The average Bonchev–Trinajstić information content (AvgIpc) is 2.58. The summed E-state index contributed by atoms with van der Waals surface area (Å²) in [4.78, 5) is 8.91. The van der Waals surface area contributed by atoms with Crippen LogP contribution in [0.3, 0.4) is 0 Å². The topological polar surface area (TPSA) is 73.1 Å². The lowest BCUT2D eigenvalue weighted by atomic mass is 10.0. The molecule has 0 bridgehead atoms. The highest BCUT2D eigenvalue weighted by molar-refractivity contribution is 6.17. The summed E-state index contributed by atoms with van der Waals surface area (Å²) in [5.41, 5.74) is 10.0. The number of nitrogens with two attached hydrogens (primary N) is 1. The van der Waals surface area contributed by atoms with E-state index in [0.29, 0.717) is 24.1 Å². The predicted octanol–water partition coefficient (Wildman–Crippen LogP) is 3.92. The maximum absolute atomic E-state index is 6.17. The highest BCUT2D eigenvalue weighted by atomic mass is 35.5. The van der Waals surface area contributed by atoms with E-state index in [1.54, 1.807) is 7.11 Å². The Hall–Kier alpha value is -2.01. The number of alkyl halides is 1. The second kappa shape index (κ2) is 8.73. The number of rotatable bonds is 8. The minimum absolute atomic E-state index is 0.457. The molecule has 0 fully saturated rings. The second-order valence-electron chi connectivity index (χ2n) is 5.73. The Morgan fingerprint density at radius 2 is 2.08 bits per heavy atom. The molecular weight excluding hydrogens is 324 g/mol. The maximum atomic E-state index is 6.17. The highest BCUT2D eigenvalue weighted by Crippen LogP contribution is 2.27. The van der Waals surface area contributed by atoms with Crippen molar-refractivity contribution in [1.29, 1.82) is 0 Å². The monoisotopic (exact) mass is 348 g/mol. The molecule has 6 heteroatoms. The summed E-state index contributed by atoms with van der Waals surface area (Å²) in [5.74, 6) is 2.35. The molecule has 1 heterocycles. The zero-order valence-electron chi connectivity index (χ0n) is 14.5. The van der Waals surface area contributed by atoms with Crippen LogP contribution in [0.2, 0.25) is 0 Å². The van der Waals surface area contributed by atoms with Gasteiger partial charge in [0, 0.05) is 30.1 Å². The number of benzene rings is 1. The molecule has 3 N–H and O–H groups in total. The standard InChI is InChI=1S/C18H25ClN4O/c1-4-5-8-21-18-22-12(2)15(17(20)23-18)10-14-7-6-13(11-19)9-16(14)24-3/h6-7,9H,4-5,8,10-11H2,1-3H3,(H3,20,21,22,23). The van der Waals surface area contributed by atoms with Crippen LogP contribution in [-0.4, -0.2) is 23.6 Å². The van der Waals surface area contributed by atoms with Gasteiger partial charge in [0.05, 0.1) is 7.11 Å². The number of aromatic nitrogens is 2. The first kappa shape index (κ1) is 18.3. The number of methoxy groups -OCH3 is 1. The molecule has 1 aromatic carbocycles. The summed E-state index contributed by atoms with van der Waals surface area (Å²) in [6.07, 6.45) is 2.82. The fourth-order valence-electron chi connectivity index (χ4n) is 2.50. The number of hydrogen-bond acceptors (Lipinski definition) is 5. The molecule has 0 aliphatic heterocycles. The molecule has 0 amide bonds. The van der Waals surface area contributed by atoms with Crippen molar-refractivity contribution >= 4 is 23.4 Å². The van der Waals surface area contributed by atoms with Crippen LogP contribution in [0, 0.1) is 6.92 Å². The Labute approximate surface area is 148 Å². The molecule has 2 rings (SSSR count). The minimum Gasteiger partial charge on any atom is -0.496 e. The Bertz CT molecular complexity index is 668. The van der Waals surface area contributed by atoms with Crippen LogP contribution in [0.4, 0.5) is 11.8 Å². The van der Waals surface area contributed by atoms with Crippen LogP contribution in [0.5, 0.6) is 5.75 Å². The smallest absolute Gasteiger partial charge is 0.224 e. The molecule has 5 nitrogen and oxygen atoms in total. The van der Waals surface area contributed by atoms with Gasteiger partial charge in [-0.15, -0.1) is 11.6 Å². The first-order chi connectivity index (χ1) is 11.6. The molecule has 0 radical (unpaired) electrons. The van der Waals surface area contributed by atoms with Crippen LogP contribution in [-0.2, 0) is 12.3 Å². The van der Waals surface area contributed by atoms with Crippen molar-refractivity contribution in [2.45, 2.75) is 39.0 Å². The summed E-state index contributed by atoms with van der Waals surface area (Å²) in [6.45, 7) is 4.95. The summed E-state index contributed by atoms with van der Waals surface area (Å²) in [7, 11) is 1.66. The summed E-state index contributed by atoms with van der Waals surface area (Å²) < 4.78 is 5.48. The highest BCUT2D eigenvalue weighted by Gasteiger charge is 2.13. The van der Waals surface area contributed by atoms with E-state index >= 15 is 0 Å². The van der Waals surface area contributed by atoms with Crippen LogP contribution in [0.1, 0.15) is 42.1 Å². The molecule has 0 spiro atoms. The Kier molecular flexibility index (Phi) is 6.67. The minimum atomic E-state index is 0.457. The van der Waals surface area contributed by atoms with E-state index in [-0.39, 0.29) is 0 Å². The summed E-state index contributed by atoms with van der Waals surface area (Å²) in [6, 6.07) is 5.97. The third-order valence-electron chi connectivity index (χ3n) is 3.93. The largest absolute Gasteiger partial charge is 0.496 e. The molecule has 2 aromatic rings. The van der Waals surface area contributed by atoms with Gasteiger partial charge in [-0.1, -0.05) is 25.5 Å². The van der Waals surface area contributed by atoms with E-state index in [1.807, 2.05) is 25.1 Å². The van der Waals surface area contributed by atoms with Gasteiger partial charge >= 0.3 is 0 Å². The molecule has 0 unspecified atom stereocenters. The van der Waals surface area contributed by atoms with Gasteiger partial charge in [-0.05, 0) is 30.5 Å². The van der Waals surface area contributed by atoms with Crippen LogP contribution < -0.4 is 15.8 Å². The van der Waals surface area contributed by atoms with Crippen LogP contribution >= 0.6 is 11.6 Å². The number of halogens is 1. The molecular formula is C18H25ClN4O. The number of anilines is 2. The van der Waals surface area contributed by atoms with Gasteiger partial charge in [0.25, 0.3) is 0 Å². The van der Waals surface area contributed by atoms with Gasteiger partial charge in [-0.2, -0.15) is 4.98 Å². The van der Waals surface area contributed by atoms with Gasteiger partial charge < -0.3 is 15.8 Å². The Morgan fingerprint density at radius 3 is 2.71 bits per heavy atom. The fourth-order valence-corrected chi connectivity index (χ4v) is 2.67. The Balaban J connectivity index is 2.23. The predicted molar refractivity (Wildman–Crippen MR) is 99.9 cm³/mol. The molecule has 0 atom stereocenters. The van der Waals surface area contributed by atoms with Crippen molar-refractivity contribution in [1.82, 2.24) is 9.97 Å².